The number of halogens is 3. The first kappa shape index (κ1) is 28.2. The van der Waals surface area contributed by atoms with Gasteiger partial charge in [-0.3, -0.25) is 8.98 Å². The van der Waals surface area contributed by atoms with E-state index in [9.17, 15) is 31.5 Å². The molecule has 1 fully saturated rings. The van der Waals surface area contributed by atoms with Crippen LogP contribution in [0.15, 0.2) is 54.4 Å². The highest BCUT2D eigenvalue weighted by molar-refractivity contribution is 7.84. The number of hydrogen-bond donors (Lipinski definition) is 3. The summed E-state index contributed by atoms with van der Waals surface area (Å²) in [5, 5.41) is 15.8. The Morgan fingerprint density at radius 3 is 2.80 bits per heavy atom. The molecule has 0 amide bonds. The molecule has 212 valence electrons. The van der Waals surface area contributed by atoms with Crippen molar-refractivity contribution in [3.05, 3.63) is 76.0 Å². The highest BCUT2D eigenvalue weighted by Gasteiger charge is 2.37. The van der Waals surface area contributed by atoms with Crippen molar-refractivity contribution in [3.63, 3.8) is 0 Å². The predicted molar refractivity (Wildman–Crippen MR) is 141 cm³/mol. The van der Waals surface area contributed by atoms with E-state index in [1.165, 1.54) is 37.0 Å². The summed E-state index contributed by atoms with van der Waals surface area (Å²) in [5.41, 5.74) is 0.611. The number of thiophene rings is 1. The van der Waals surface area contributed by atoms with E-state index >= 15 is 0 Å². The van der Waals surface area contributed by atoms with E-state index in [0.717, 1.165) is 17.7 Å². The Bertz CT molecular complexity index is 1650. The van der Waals surface area contributed by atoms with Crippen molar-refractivity contribution < 1.29 is 35.7 Å². The predicted octanol–water partition coefficient (Wildman–Crippen LogP) is 3.58. The number of nitrogens with one attached hydrogen (secondary N) is 2. The quantitative estimate of drug-likeness (QED) is 0.250. The van der Waals surface area contributed by atoms with Crippen LogP contribution < -0.4 is 10.0 Å². The van der Waals surface area contributed by atoms with Crippen LogP contribution in [0.1, 0.15) is 39.2 Å². The van der Waals surface area contributed by atoms with Crippen molar-refractivity contribution in [2.24, 2.45) is 0 Å². The summed E-state index contributed by atoms with van der Waals surface area (Å²) in [6.07, 6.45) is -1.81. The highest BCUT2D eigenvalue weighted by atomic mass is 32.2. The summed E-state index contributed by atoms with van der Waals surface area (Å²) >= 11 is 1.19. The number of fused-ring (bicyclic) bond motifs is 1. The molecule has 0 saturated heterocycles. The molecule has 0 spiro atoms. The van der Waals surface area contributed by atoms with Gasteiger partial charge in [-0.05, 0) is 53.4 Å². The third kappa shape index (κ3) is 6.02. The first-order chi connectivity index (χ1) is 18.9. The lowest BCUT2D eigenvalue weighted by molar-refractivity contribution is -0.137. The Labute approximate surface area is 231 Å². The van der Waals surface area contributed by atoms with Crippen molar-refractivity contribution in [1.82, 2.24) is 19.3 Å². The number of aliphatic hydroxyl groups is 1. The second kappa shape index (κ2) is 10.9. The summed E-state index contributed by atoms with van der Waals surface area (Å²) in [7, 11) is -2.80. The van der Waals surface area contributed by atoms with Crippen molar-refractivity contribution in [1.29, 1.82) is 0 Å². The maximum absolute atomic E-state index is 13.4. The van der Waals surface area contributed by atoms with Crippen LogP contribution in [0.4, 0.5) is 19.0 Å². The number of hydrogen-bond acceptors (Lipinski definition) is 9. The van der Waals surface area contributed by atoms with Gasteiger partial charge < -0.3 is 15.0 Å². The topological polar surface area (TPSA) is 135 Å². The zero-order valence-corrected chi connectivity index (χ0v) is 22.6. The number of alkyl halides is 3. The molecule has 1 saturated carbocycles. The molecule has 10 nitrogen and oxygen atoms in total. The van der Waals surface area contributed by atoms with Crippen LogP contribution in [0.3, 0.4) is 0 Å². The average molecular weight is 596 g/mol. The number of ketones is 1. The fraction of sp³-hybridized carbons (Fsp3) is 0.320. The van der Waals surface area contributed by atoms with Crippen molar-refractivity contribution >= 4 is 44.1 Å². The summed E-state index contributed by atoms with van der Waals surface area (Å²) in [6, 6.07) is 6.57. The molecule has 1 aliphatic carbocycles. The number of nitrogens with zero attached hydrogens (tertiary/aromatic N) is 3. The molecule has 0 radical (unpaired) electrons. The molecule has 1 aliphatic rings. The monoisotopic (exact) mass is 595 g/mol. The molecule has 0 unspecified atom stereocenters. The smallest absolute Gasteiger partial charge is 0.390 e. The van der Waals surface area contributed by atoms with E-state index in [2.05, 4.69) is 15.3 Å². The summed E-state index contributed by atoms with van der Waals surface area (Å²) in [5.74, 6) is -0.138. The molecule has 0 bridgehead atoms. The van der Waals surface area contributed by atoms with Crippen LogP contribution in [0.2, 0.25) is 0 Å². The average Bonchev–Trinajstić information content (AvgIpc) is 3.63. The van der Waals surface area contributed by atoms with Gasteiger partial charge in [-0.1, -0.05) is 6.07 Å². The number of benzene rings is 1. The molecule has 4 aromatic rings. The number of anilines is 1. The lowest BCUT2D eigenvalue weighted by Crippen LogP contribution is -2.31. The van der Waals surface area contributed by atoms with Crippen molar-refractivity contribution in [2.75, 3.05) is 12.4 Å². The van der Waals surface area contributed by atoms with Crippen molar-refractivity contribution in [3.8, 4) is 0 Å². The van der Waals surface area contributed by atoms with Crippen LogP contribution in [-0.2, 0) is 27.2 Å². The van der Waals surface area contributed by atoms with Gasteiger partial charge in [0.1, 0.15) is 18.2 Å². The van der Waals surface area contributed by atoms with Gasteiger partial charge in [0, 0.05) is 37.5 Å². The Kier molecular flexibility index (Phi) is 7.67. The second-order valence-electron chi connectivity index (χ2n) is 9.32. The molecule has 3 aromatic heterocycles. The molecule has 1 aromatic carbocycles. The molecular formula is C25H24F3N5O5S2. The second-order valence-corrected chi connectivity index (χ2v) is 11.7. The van der Waals surface area contributed by atoms with E-state index in [0.29, 0.717) is 15.8 Å². The minimum absolute atomic E-state index is 0.156. The van der Waals surface area contributed by atoms with E-state index in [1.54, 1.807) is 28.3 Å². The Morgan fingerprint density at radius 1 is 1.25 bits per heavy atom. The lowest BCUT2D eigenvalue weighted by atomic mass is 10.1. The fourth-order valence-corrected chi connectivity index (χ4v) is 6.10. The lowest BCUT2D eigenvalue weighted by Gasteiger charge is -2.15. The molecule has 40 heavy (non-hydrogen) atoms. The first-order valence-corrected chi connectivity index (χ1v) is 14.4. The summed E-state index contributed by atoms with van der Waals surface area (Å²) in [4.78, 5) is 21.9. The summed E-state index contributed by atoms with van der Waals surface area (Å²) in [6.45, 7) is 0.266. The van der Waals surface area contributed by atoms with Gasteiger partial charge in [-0.15, -0.1) is 11.3 Å². The Hall–Kier alpha value is -3.37. The maximum Gasteiger partial charge on any atom is 0.416 e. The summed E-state index contributed by atoms with van der Waals surface area (Å²) < 4.78 is 71.8. The van der Waals surface area contributed by atoms with E-state index in [4.69, 9.17) is 4.18 Å². The van der Waals surface area contributed by atoms with E-state index in [-0.39, 0.29) is 36.6 Å². The highest BCUT2D eigenvalue weighted by Crippen LogP contribution is 2.33. The molecule has 3 heterocycles. The molecule has 0 aliphatic heterocycles. The molecule has 5 rings (SSSR count). The number of aliphatic hydroxyl groups excluding tert-OH is 1. The van der Waals surface area contributed by atoms with Crippen LogP contribution in [-0.4, -0.2) is 59.1 Å². The van der Waals surface area contributed by atoms with Gasteiger partial charge in [-0.2, -0.15) is 26.3 Å². The SMILES string of the molecule is CNS(=O)(=O)O[C@@H]1C[C@H](Nc2ncncc2C(=O)c2cc(Cn3ccc4ccc(C(F)(F)F)cc43)cs2)C[C@@H]1O. The standard InChI is InChI=1S/C25H24F3N5O5S2/c1-29-40(36,37)38-21-9-17(8-20(21)34)32-24-18(10-30-13-31-24)23(35)22-6-14(12-39-22)11-33-5-4-15-2-3-16(7-19(15)33)25(26,27)28/h2-7,10,12-13,17,20-21,29,34H,8-9,11H2,1H3,(H,30,31,32)/t17-,20+,21-/m1/s1. The van der Waals surface area contributed by atoms with Gasteiger partial charge in [0.05, 0.1) is 22.1 Å². The third-order valence-corrected chi connectivity index (χ3v) is 8.58. The van der Waals surface area contributed by atoms with Crippen LogP contribution in [0.25, 0.3) is 10.9 Å². The zero-order valence-electron chi connectivity index (χ0n) is 20.9. The minimum atomic E-state index is -4.45. The molecular weight excluding hydrogens is 571 g/mol. The van der Waals surface area contributed by atoms with Crippen LogP contribution in [0.5, 0.6) is 0 Å². The minimum Gasteiger partial charge on any atom is -0.390 e. The van der Waals surface area contributed by atoms with Crippen LogP contribution >= 0.6 is 11.3 Å². The fourth-order valence-electron chi connectivity index (χ4n) is 4.62. The van der Waals surface area contributed by atoms with Crippen molar-refractivity contribution in [2.45, 2.75) is 43.8 Å². The van der Waals surface area contributed by atoms with Gasteiger partial charge in [0.2, 0.25) is 5.78 Å². The zero-order chi connectivity index (χ0) is 28.7. The normalized spacial score (nSPS) is 19.8. The Balaban J connectivity index is 1.31. The van der Waals surface area contributed by atoms with Gasteiger partial charge in [0.15, 0.2) is 0 Å². The number of carbonyl (C=O) groups excluding carboxylic acids is 1. The number of rotatable bonds is 9. The number of carbonyl (C=O) groups is 1. The third-order valence-electron chi connectivity index (χ3n) is 6.60. The number of aromatic nitrogens is 3. The first-order valence-electron chi connectivity index (χ1n) is 12.1. The van der Waals surface area contributed by atoms with Gasteiger partial charge in [0.25, 0.3) is 0 Å². The molecule has 15 heteroatoms. The van der Waals surface area contributed by atoms with Gasteiger partial charge in [-0.25, -0.2) is 9.97 Å². The Morgan fingerprint density at radius 2 is 2.05 bits per heavy atom. The van der Waals surface area contributed by atoms with E-state index < -0.39 is 40.3 Å². The molecule has 3 atom stereocenters. The van der Waals surface area contributed by atoms with Gasteiger partial charge >= 0.3 is 16.5 Å². The van der Waals surface area contributed by atoms with Crippen LogP contribution in [0, 0.1) is 0 Å². The van der Waals surface area contributed by atoms with E-state index in [1.807, 2.05) is 4.72 Å². The molecule has 3 N–H and O–H groups in total. The maximum atomic E-state index is 13.4. The largest absolute Gasteiger partial charge is 0.416 e.